The summed E-state index contributed by atoms with van der Waals surface area (Å²) < 4.78 is 42.8. The van der Waals surface area contributed by atoms with Gasteiger partial charge in [0.05, 0.1) is 30.3 Å². The monoisotopic (exact) mass is 361 g/mol. The molecule has 0 aliphatic carbocycles. The van der Waals surface area contributed by atoms with E-state index >= 15 is 0 Å². The van der Waals surface area contributed by atoms with E-state index in [0.29, 0.717) is 12.2 Å². The second kappa shape index (κ2) is 7.30. The van der Waals surface area contributed by atoms with Crippen molar-refractivity contribution in [3.8, 4) is 0 Å². The van der Waals surface area contributed by atoms with Gasteiger partial charge in [-0.2, -0.15) is 13.2 Å². The second-order valence-corrected chi connectivity index (χ2v) is 5.39. The van der Waals surface area contributed by atoms with Gasteiger partial charge in [0.15, 0.2) is 0 Å². The van der Waals surface area contributed by atoms with E-state index in [1.54, 1.807) is 18.4 Å². The smallest absolute Gasteiger partial charge is 0.416 e. The van der Waals surface area contributed by atoms with Crippen LogP contribution in [-0.2, 0) is 12.7 Å². The summed E-state index contributed by atoms with van der Waals surface area (Å²) in [5.74, 6) is 0.247. The van der Waals surface area contributed by atoms with E-state index in [2.05, 4.69) is 15.6 Å². The highest BCUT2D eigenvalue weighted by Crippen LogP contribution is 2.29. The number of hydrogen-bond acceptors (Lipinski definition) is 4. The van der Waals surface area contributed by atoms with E-state index in [1.165, 1.54) is 24.4 Å². The molecule has 0 aliphatic rings. The molecule has 0 atom stereocenters. The van der Waals surface area contributed by atoms with Crippen LogP contribution in [0.5, 0.6) is 0 Å². The lowest BCUT2D eigenvalue weighted by molar-refractivity contribution is -0.137. The van der Waals surface area contributed by atoms with Crippen LogP contribution in [0.3, 0.4) is 0 Å². The summed E-state index contributed by atoms with van der Waals surface area (Å²) in [5, 5.41) is 5.60. The van der Waals surface area contributed by atoms with Gasteiger partial charge >= 0.3 is 6.18 Å². The number of benzene rings is 1. The molecule has 0 saturated heterocycles. The molecule has 2 heterocycles. The van der Waals surface area contributed by atoms with Crippen molar-refractivity contribution in [2.75, 3.05) is 10.6 Å². The van der Waals surface area contributed by atoms with Crippen molar-refractivity contribution in [1.29, 1.82) is 0 Å². The first-order valence-corrected chi connectivity index (χ1v) is 7.63. The minimum atomic E-state index is -4.41. The molecule has 5 nitrogen and oxygen atoms in total. The Hall–Kier alpha value is -3.29. The lowest BCUT2D eigenvalue weighted by Crippen LogP contribution is -2.14. The Morgan fingerprint density at radius 3 is 2.35 bits per heavy atom. The predicted molar refractivity (Wildman–Crippen MR) is 89.7 cm³/mol. The van der Waals surface area contributed by atoms with Crippen LogP contribution in [0.15, 0.2) is 65.4 Å². The molecule has 3 rings (SSSR count). The molecular weight excluding hydrogens is 347 g/mol. The first kappa shape index (κ1) is 17.5. The number of rotatable bonds is 5. The van der Waals surface area contributed by atoms with Crippen molar-refractivity contribution < 1.29 is 22.4 Å². The molecule has 0 spiro atoms. The maximum atomic E-state index is 12.5. The molecule has 0 radical (unpaired) electrons. The van der Waals surface area contributed by atoms with Crippen molar-refractivity contribution in [3.05, 3.63) is 78.0 Å². The van der Waals surface area contributed by atoms with Crippen molar-refractivity contribution in [1.82, 2.24) is 4.98 Å². The third-order valence-corrected chi connectivity index (χ3v) is 3.51. The van der Waals surface area contributed by atoms with E-state index in [4.69, 9.17) is 4.42 Å². The molecule has 0 saturated carbocycles. The van der Waals surface area contributed by atoms with Crippen LogP contribution in [0, 0.1) is 0 Å². The number of hydrogen-bond donors (Lipinski definition) is 2. The number of carbonyl (C=O) groups is 1. The van der Waals surface area contributed by atoms with Crippen molar-refractivity contribution in [2.45, 2.75) is 12.7 Å². The van der Waals surface area contributed by atoms with Gasteiger partial charge in [-0.15, -0.1) is 0 Å². The van der Waals surface area contributed by atoms with Gasteiger partial charge in [0.2, 0.25) is 0 Å². The minimum Gasteiger partial charge on any atom is -0.467 e. The van der Waals surface area contributed by atoms with Gasteiger partial charge < -0.3 is 15.1 Å². The fraction of sp³-hybridized carbons (Fsp3) is 0.111. The Morgan fingerprint density at radius 2 is 1.77 bits per heavy atom. The zero-order valence-electron chi connectivity index (χ0n) is 13.4. The number of aromatic nitrogens is 1. The van der Waals surface area contributed by atoms with Crippen molar-refractivity contribution >= 4 is 17.3 Å². The number of furan rings is 1. The van der Waals surface area contributed by atoms with Gasteiger partial charge in [0.1, 0.15) is 11.5 Å². The topological polar surface area (TPSA) is 67.2 Å². The van der Waals surface area contributed by atoms with Crippen LogP contribution in [0.2, 0.25) is 0 Å². The molecule has 134 valence electrons. The highest BCUT2D eigenvalue weighted by atomic mass is 19.4. The highest BCUT2D eigenvalue weighted by Gasteiger charge is 2.30. The lowest BCUT2D eigenvalue weighted by atomic mass is 10.2. The quantitative estimate of drug-likeness (QED) is 0.699. The zero-order valence-corrected chi connectivity index (χ0v) is 13.4. The fourth-order valence-electron chi connectivity index (χ4n) is 2.17. The summed E-state index contributed by atoms with van der Waals surface area (Å²) in [7, 11) is 0. The number of halogens is 3. The summed E-state index contributed by atoms with van der Waals surface area (Å²) >= 11 is 0. The fourth-order valence-corrected chi connectivity index (χ4v) is 2.17. The predicted octanol–water partition coefficient (Wildman–Crippen LogP) is 4.56. The number of nitrogens with zero attached hydrogens (tertiary/aromatic N) is 1. The number of pyridine rings is 1. The first-order chi connectivity index (χ1) is 12.4. The molecule has 3 aromatic rings. The third-order valence-electron chi connectivity index (χ3n) is 3.51. The average molecular weight is 361 g/mol. The highest BCUT2D eigenvalue weighted by molar-refractivity contribution is 6.02. The van der Waals surface area contributed by atoms with E-state index in [1.807, 2.05) is 6.07 Å². The third kappa shape index (κ3) is 4.41. The van der Waals surface area contributed by atoms with Crippen LogP contribution in [0.25, 0.3) is 0 Å². The van der Waals surface area contributed by atoms with Gasteiger partial charge in [-0.3, -0.25) is 4.79 Å². The van der Waals surface area contributed by atoms with Gasteiger partial charge in [0, 0.05) is 5.69 Å². The number of alkyl halides is 3. The van der Waals surface area contributed by atoms with E-state index in [0.717, 1.165) is 17.9 Å². The summed E-state index contributed by atoms with van der Waals surface area (Å²) in [5.41, 5.74) is 0.325. The second-order valence-electron chi connectivity index (χ2n) is 5.39. The van der Waals surface area contributed by atoms with Gasteiger partial charge in [-0.1, -0.05) is 0 Å². The van der Waals surface area contributed by atoms with E-state index < -0.39 is 17.6 Å². The molecule has 1 aromatic carbocycles. The van der Waals surface area contributed by atoms with Crippen LogP contribution >= 0.6 is 0 Å². The lowest BCUT2D eigenvalue weighted by Gasteiger charge is -2.09. The van der Waals surface area contributed by atoms with E-state index in [9.17, 15) is 18.0 Å². The Kier molecular flexibility index (Phi) is 4.92. The summed E-state index contributed by atoms with van der Waals surface area (Å²) in [6.07, 6.45) is -1.35. The maximum Gasteiger partial charge on any atom is 0.416 e. The van der Waals surface area contributed by atoms with Crippen LogP contribution in [0.4, 0.5) is 24.5 Å². The molecule has 0 bridgehead atoms. The molecular formula is C18H14F3N3O2. The molecule has 0 aliphatic heterocycles. The maximum absolute atomic E-state index is 12.5. The molecule has 0 fully saturated rings. The standard InChI is InChI=1S/C18H14F3N3O2/c19-18(20,21)12-3-5-13(6-4-12)24-17(25)16-8-7-14(10-23-16)22-11-15-2-1-9-26-15/h1-10,22H,11H2,(H,24,25). The normalized spacial score (nSPS) is 11.2. The Bertz CT molecular complexity index is 858. The molecule has 1 amide bonds. The number of nitrogens with one attached hydrogen (secondary N) is 2. The van der Waals surface area contributed by atoms with Crippen molar-refractivity contribution in [3.63, 3.8) is 0 Å². The molecule has 26 heavy (non-hydrogen) atoms. The summed E-state index contributed by atoms with van der Waals surface area (Å²) in [6, 6.07) is 11.0. The number of anilines is 2. The Labute approximate surface area is 146 Å². The zero-order chi connectivity index (χ0) is 18.6. The van der Waals surface area contributed by atoms with Crippen LogP contribution in [-0.4, -0.2) is 10.9 Å². The molecule has 8 heteroatoms. The molecule has 0 unspecified atom stereocenters. The average Bonchev–Trinajstić information content (AvgIpc) is 3.13. The van der Waals surface area contributed by atoms with Crippen LogP contribution in [0.1, 0.15) is 21.8 Å². The van der Waals surface area contributed by atoms with Gasteiger partial charge in [-0.05, 0) is 48.5 Å². The van der Waals surface area contributed by atoms with Gasteiger partial charge in [-0.25, -0.2) is 4.98 Å². The van der Waals surface area contributed by atoms with Crippen LogP contribution < -0.4 is 10.6 Å². The van der Waals surface area contributed by atoms with Gasteiger partial charge in [0.25, 0.3) is 5.91 Å². The molecule has 2 aromatic heterocycles. The Morgan fingerprint density at radius 1 is 1.04 bits per heavy atom. The number of amides is 1. The minimum absolute atomic E-state index is 0.147. The molecule has 2 N–H and O–H groups in total. The largest absolute Gasteiger partial charge is 0.467 e. The van der Waals surface area contributed by atoms with E-state index in [-0.39, 0.29) is 11.4 Å². The summed E-state index contributed by atoms with van der Waals surface area (Å²) in [4.78, 5) is 16.2. The number of carbonyl (C=O) groups excluding carboxylic acids is 1. The summed E-state index contributed by atoms with van der Waals surface area (Å²) in [6.45, 7) is 0.478. The Balaban J connectivity index is 1.59. The van der Waals surface area contributed by atoms with Crippen molar-refractivity contribution in [2.24, 2.45) is 0 Å². The SMILES string of the molecule is O=C(Nc1ccc(C(F)(F)F)cc1)c1ccc(NCc2ccco2)cn1. The first-order valence-electron chi connectivity index (χ1n) is 7.63.